The first-order valence-corrected chi connectivity index (χ1v) is 9.48. The predicted molar refractivity (Wildman–Crippen MR) is 105 cm³/mol. The van der Waals surface area contributed by atoms with Crippen molar-refractivity contribution < 1.29 is 19.1 Å². The standard InChI is InChI=1S/C21H32N2O4/c1-15-7-8-17(13-18(15)26-6)19(24)23-11-9-16(10-12-23)14-22(5)20(25)27-21(2,3)4/h7-8,13,16H,9-12,14H2,1-6H3. The van der Waals surface area contributed by atoms with Crippen molar-refractivity contribution in [2.75, 3.05) is 33.8 Å². The Morgan fingerprint density at radius 3 is 2.41 bits per heavy atom. The molecule has 27 heavy (non-hydrogen) atoms. The molecule has 2 rings (SSSR count). The van der Waals surface area contributed by atoms with Crippen LogP contribution in [0.15, 0.2) is 18.2 Å². The number of piperidine rings is 1. The molecular formula is C21H32N2O4. The molecule has 1 aliphatic heterocycles. The van der Waals surface area contributed by atoms with Gasteiger partial charge >= 0.3 is 6.09 Å². The smallest absolute Gasteiger partial charge is 0.410 e. The third-order valence-corrected chi connectivity index (χ3v) is 4.79. The number of hydrogen-bond acceptors (Lipinski definition) is 4. The van der Waals surface area contributed by atoms with Crippen LogP contribution in [0.4, 0.5) is 4.79 Å². The van der Waals surface area contributed by atoms with Crippen LogP contribution in [0.2, 0.25) is 0 Å². The Morgan fingerprint density at radius 2 is 1.85 bits per heavy atom. The van der Waals surface area contributed by atoms with Crippen molar-refractivity contribution in [1.82, 2.24) is 9.80 Å². The van der Waals surface area contributed by atoms with Crippen molar-refractivity contribution in [1.29, 1.82) is 0 Å². The monoisotopic (exact) mass is 376 g/mol. The number of nitrogens with zero attached hydrogens (tertiary/aromatic N) is 2. The van der Waals surface area contributed by atoms with Crippen molar-refractivity contribution in [2.45, 2.75) is 46.1 Å². The van der Waals surface area contributed by atoms with Crippen LogP contribution >= 0.6 is 0 Å². The van der Waals surface area contributed by atoms with E-state index in [4.69, 9.17) is 9.47 Å². The van der Waals surface area contributed by atoms with E-state index >= 15 is 0 Å². The van der Waals surface area contributed by atoms with Gasteiger partial charge in [0, 0.05) is 32.2 Å². The number of carbonyl (C=O) groups excluding carboxylic acids is 2. The lowest BCUT2D eigenvalue weighted by Crippen LogP contribution is -2.43. The maximum Gasteiger partial charge on any atom is 0.410 e. The van der Waals surface area contributed by atoms with Gasteiger partial charge in [-0.05, 0) is 64.2 Å². The maximum absolute atomic E-state index is 12.8. The molecule has 2 amide bonds. The molecule has 0 unspecified atom stereocenters. The van der Waals surface area contributed by atoms with Crippen LogP contribution in [-0.4, -0.2) is 61.2 Å². The second-order valence-electron chi connectivity index (χ2n) is 8.28. The van der Waals surface area contributed by atoms with Crippen LogP contribution < -0.4 is 4.74 Å². The van der Waals surface area contributed by atoms with Gasteiger partial charge < -0.3 is 19.3 Å². The molecule has 1 aromatic rings. The van der Waals surface area contributed by atoms with E-state index < -0.39 is 5.60 Å². The number of hydrogen-bond donors (Lipinski definition) is 0. The van der Waals surface area contributed by atoms with Gasteiger partial charge in [-0.25, -0.2) is 4.79 Å². The van der Waals surface area contributed by atoms with Crippen molar-refractivity contribution in [3.63, 3.8) is 0 Å². The number of ether oxygens (including phenoxy) is 2. The molecule has 150 valence electrons. The molecule has 0 radical (unpaired) electrons. The van der Waals surface area contributed by atoms with Gasteiger partial charge in [-0.2, -0.15) is 0 Å². The molecule has 0 saturated carbocycles. The zero-order chi connectivity index (χ0) is 20.2. The minimum Gasteiger partial charge on any atom is -0.496 e. The SMILES string of the molecule is COc1cc(C(=O)N2CCC(CN(C)C(=O)OC(C)(C)C)CC2)ccc1C. The Hall–Kier alpha value is -2.24. The lowest BCUT2D eigenvalue weighted by Gasteiger charge is -2.34. The van der Waals surface area contributed by atoms with Gasteiger partial charge in [-0.1, -0.05) is 6.07 Å². The summed E-state index contributed by atoms with van der Waals surface area (Å²) in [6, 6.07) is 5.57. The summed E-state index contributed by atoms with van der Waals surface area (Å²) in [4.78, 5) is 28.4. The Balaban J connectivity index is 1.88. The zero-order valence-electron chi connectivity index (χ0n) is 17.4. The van der Waals surface area contributed by atoms with Crippen molar-refractivity contribution in [3.8, 4) is 5.75 Å². The summed E-state index contributed by atoms with van der Waals surface area (Å²) < 4.78 is 10.7. The van der Waals surface area contributed by atoms with Crippen LogP contribution in [0.5, 0.6) is 5.75 Å². The summed E-state index contributed by atoms with van der Waals surface area (Å²) in [5.74, 6) is 1.14. The lowest BCUT2D eigenvalue weighted by molar-refractivity contribution is 0.0246. The molecule has 0 bridgehead atoms. The molecule has 0 atom stereocenters. The van der Waals surface area contributed by atoms with Gasteiger partial charge in [0.25, 0.3) is 5.91 Å². The number of rotatable bonds is 4. The minimum absolute atomic E-state index is 0.0345. The first-order valence-electron chi connectivity index (χ1n) is 9.48. The first-order chi connectivity index (χ1) is 12.6. The average Bonchev–Trinajstić information content (AvgIpc) is 2.60. The highest BCUT2D eigenvalue weighted by Crippen LogP contribution is 2.23. The van der Waals surface area contributed by atoms with E-state index in [0.29, 0.717) is 31.1 Å². The van der Waals surface area contributed by atoms with Crippen molar-refractivity contribution in [2.24, 2.45) is 5.92 Å². The average molecular weight is 376 g/mol. The molecule has 1 aromatic carbocycles. The normalized spacial score (nSPS) is 15.4. The Morgan fingerprint density at radius 1 is 1.22 bits per heavy atom. The summed E-state index contributed by atoms with van der Waals surface area (Å²) in [5, 5.41) is 0. The van der Waals surface area contributed by atoms with Gasteiger partial charge in [0.1, 0.15) is 11.4 Å². The second kappa shape index (κ2) is 8.63. The summed E-state index contributed by atoms with van der Waals surface area (Å²) in [5.41, 5.74) is 1.18. The van der Waals surface area contributed by atoms with Crippen LogP contribution in [-0.2, 0) is 4.74 Å². The Kier molecular flexibility index (Phi) is 6.73. The first kappa shape index (κ1) is 21.1. The number of methoxy groups -OCH3 is 1. The van der Waals surface area contributed by atoms with Crippen LogP contribution in [0, 0.1) is 12.8 Å². The minimum atomic E-state index is -0.490. The highest BCUT2D eigenvalue weighted by atomic mass is 16.6. The number of carbonyl (C=O) groups is 2. The summed E-state index contributed by atoms with van der Waals surface area (Å²) in [6.45, 7) is 9.59. The molecule has 1 saturated heterocycles. The van der Waals surface area contributed by atoms with E-state index in [1.54, 1.807) is 25.1 Å². The lowest BCUT2D eigenvalue weighted by atomic mass is 9.95. The number of aryl methyl sites for hydroxylation is 1. The summed E-state index contributed by atoms with van der Waals surface area (Å²) in [6.07, 6.45) is 1.46. The van der Waals surface area contributed by atoms with E-state index in [-0.39, 0.29) is 12.0 Å². The molecule has 0 aromatic heterocycles. The number of amides is 2. The largest absolute Gasteiger partial charge is 0.496 e. The predicted octanol–water partition coefficient (Wildman–Crippen LogP) is 3.72. The summed E-state index contributed by atoms with van der Waals surface area (Å²) >= 11 is 0. The quantitative estimate of drug-likeness (QED) is 0.803. The molecular weight excluding hydrogens is 344 g/mol. The van der Waals surface area contributed by atoms with Crippen LogP contribution in [0.25, 0.3) is 0 Å². The van der Waals surface area contributed by atoms with Crippen molar-refractivity contribution >= 4 is 12.0 Å². The van der Waals surface area contributed by atoms with E-state index in [1.807, 2.05) is 44.7 Å². The maximum atomic E-state index is 12.8. The van der Waals surface area contributed by atoms with Gasteiger partial charge in [-0.15, -0.1) is 0 Å². The van der Waals surface area contributed by atoms with E-state index in [2.05, 4.69) is 0 Å². The van der Waals surface area contributed by atoms with E-state index in [1.165, 1.54) is 0 Å². The Labute approximate surface area is 162 Å². The molecule has 6 nitrogen and oxygen atoms in total. The van der Waals surface area contributed by atoms with Gasteiger partial charge in [0.05, 0.1) is 7.11 Å². The number of likely N-dealkylation sites (tertiary alicyclic amines) is 1. The van der Waals surface area contributed by atoms with E-state index in [9.17, 15) is 9.59 Å². The highest BCUT2D eigenvalue weighted by molar-refractivity contribution is 5.94. The van der Waals surface area contributed by atoms with Crippen LogP contribution in [0.3, 0.4) is 0 Å². The zero-order valence-corrected chi connectivity index (χ0v) is 17.4. The van der Waals surface area contributed by atoms with Crippen LogP contribution in [0.1, 0.15) is 49.5 Å². The van der Waals surface area contributed by atoms with Crippen molar-refractivity contribution in [3.05, 3.63) is 29.3 Å². The molecule has 1 aliphatic rings. The second-order valence-corrected chi connectivity index (χ2v) is 8.28. The van der Waals surface area contributed by atoms with Gasteiger partial charge in [0.15, 0.2) is 0 Å². The fourth-order valence-electron chi connectivity index (χ4n) is 3.26. The fraction of sp³-hybridized carbons (Fsp3) is 0.619. The topological polar surface area (TPSA) is 59.1 Å². The van der Waals surface area contributed by atoms with Gasteiger partial charge in [0.2, 0.25) is 0 Å². The molecule has 1 fully saturated rings. The fourth-order valence-corrected chi connectivity index (χ4v) is 3.26. The molecule has 0 spiro atoms. The third kappa shape index (κ3) is 5.88. The Bertz CT molecular complexity index is 673. The molecule has 1 heterocycles. The van der Waals surface area contributed by atoms with E-state index in [0.717, 1.165) is 24.2 Å². The van der Waals surface area contributed by atoms with Gasteiger partial charge in [-0.3, -0.25) is 4.79 Å². The highest BCUT2D eigenvalue weighted by Gasteiger charge is 2.27. The number of benzene rings is 1. The third-order valence-electron chi connectivity index (χ3n) is 4.79. The summed E-state index contributed by atoms with van der Waals surface area (Å²) in [7, 11) is 3.38. The molecule has 0 aliphatic carbocycles. The molecule has 0 N–H and O–H groups in total. The molecule has 6 heteroatoms.